The molecular weight excluding hydrogens is 361 g/mol. The summed E-state index contributed by atoms with van der Waals surface area (Å²) in [6.07, 6.45) is 0.281. The van der Waals surface area contributed by atoms with Gasteiger partial charge >= 0.3 is 0 Å². The molecule has 2 N–H and O–H groups in total. The van der Waals surface area contributed by atoms with E-state index in [-0.39, 0.29) is 18.5 Å². The van der Waals surface area contributed by atoms with Gasteiger partial charge in [0.1, 0.15) is 5.82 Å². The van der Waals surface area contributed by atoms with Gasteiger partial charge in [0.2, 0.25) is 0 Å². The molecule has 134 valence electrons. The maximum absolute atomic E-state index is 13.5. The van der Waals surface area contributed by atoms with Crippen LogP contribution in [0.5, 0.6) is 0 Å². The van der Waals surface area contributed by atoms with Gasteiger partial charge in [-0.25, -0.2) is 4.39 Å². The fourth-order valence-corrected chi connectivity index (χ4v) is 4.13. The van der Waals surface area contributed by atoms with Crippen LogP contribution in [0.1, 0.15) is 23.6 Å². The van der Waals surface area contributed by atoms with Crippen LogP contribution in [0.4, 0.5) is 4.39 Å². The second-order valence-corrected chi connectivity index (χ2v) is 7.58. The number of benzene rings is 2. The average Bonchev–Trinajstić information content (AvgIpc) is 2.61. The van der Waals surface area contributed by atoms with Gasteiger partial charge in [-0.15, -0.1) is 11.8 Å². The van der Waals surface area contributed by atoms with E-state index in [9.17, 15) is 9.50 Å². The molecule has 2 atom stereocenters. The summed E-state index contributed by atoms with van der Waals surface area (Å²) in [4.78, 5) is 1.11. The molecule has 0 aromatic heterocycles. The highest BCUT2D eigenvalue weighted by Crippen LogP contribution is 2.36. The lowest BCUT2D eigenvalue weighted by Crippen LogP contribution is -2.34. The molecule has 0 saturated carbocycles. The third-order valence-electron chi connectivity index (χ3n) is 4.14. The van der Waals surface area contributed by atoms with Crippen LogP contribution in [0.3, 0.4) is 0 Å². The van der Waals surface area contributed by atoms with E-state index in [2.05, 4.69) is 5.32 Å². The second kappa shape index (κ2) is 9.01. The molecule has 0 fully saturated rings. The monoisotopic (exact) mass is 381 g/mol. The van der Waals surface area contributed by atoms with Gasteiger partial charge < -0.3 is 15.2 Å². The Hall–Kier alpha value is -1.11. The third kappa shape index (κ3) is 5.19. The maximum atomic E-state index is 13.5. The van der Waals surface area contributed by atoms with Crippen LogP contribution in [-0.4, -0.2) is 30.1 Å². The SMILES string of the molecule is O[C@H](CN[C@H]1CCSc2ccc(F)cc21)COCc1ccccc1Cl. The number of ether oxygens (including phenoxy) is 1. The summed E-state index contributed by atoms with van der Waals surface area (Å²) in [7, 11) is 0. The van der Waals surface area contributed by atoms with E-state index in [1.54, 1.807) is 17.8 Å². The molecule has 0 radical (unpaired) electrons. The normalized spacial score (nSPS) is 18.0. The van der Waals surface area contributed by atoms with Gasteiger partial charge in [0, 0.05) is 22.5 Å². The van der Waals surface area contributed by atoms with Crippen molar-refractivity contribution in [3.05, 3.63) is 64.4 Å². The summed E-state index contributed by atoms with van der Waals surface area (Å²) in [6.45, 7) is 0.981. The summed E-state index contributed by atoms with van der Waals surface area (Å²) in [6, 6.07) is 12.4. The predicted octanol–water partition coefficient (Wildman–Crippen LogP) is 4.18. The lowest BCUT2D eigenvalue weighted by atomic mass is 10.0. The molecule has 1 aliphatic heterocycles. The van der Waals surface area contributed by atoms with E-state index in [1.807, 2.05) is 30.3 Å². The summed E-state index contributed by atoms with van der Waals surface area (Å²) in [5.41, 5.74) is 1.87. The summed E-state index contributed by atoms with van der Waals surface area (Å²) < 4.78 is 19.1. The van der Waals surface area contributed by atoms with Gasteiger partial charge in [-0.3, -0.25) is 0 Å². The first-order chi connectivity index (χ1) is 12.1. The van der Waals surface area contributed by atoms with E-state index in [0.717, 1.165) is 28.2 Å². The fourth-order valence-electron chi connectivity index (χ4n) is 2.83. The van der Waals surface area contributed by atoms with E-state index in [0.29, 0.717) is 18.2 Å². The van der Waals surface area contributed by atoms with Crippen LogP contribution in [-0.2, 0) is 11.3 Å². The number of fused-ring (bicyclic) bond motifs is 1. The third-order valence-corrected chi connectivity index (χ3v) is 5.63. The number of halogens is 2. The predicted molar refractivity (Wildman–Crippen MR) is 99.6 cm³/mol. The van der Waals surface area contributed by atoms with Crippen molar-refractivity contribution in [2.75, 3.05) is 18.9 Å². The first-order valence-corrected chi connectivity index (χ1v) is 9.64. The van der Waals surface area contributed by atoms with E-state index in [4.69, 9.17) is 16.3 Å². The zero-order valence-corrected chi connectivity index (χ0v) is 15.3. The molecule has 0 bridgehead atoms. The molecule has 3 nitrogen and oxygen atoms in total. The first-order valence-electron chi connectivity index (χ1n) is 8.28. The van der Waals surface area contributed by atoms with Gasteiger partial charge in [-0.2, -0.15) is 0 Å². The Bertz CT molecular complexity index is 716. The lowest BCUT2D eigenvalue weighted by Gasteiger charge is -2.27. The minimum absolute atomic E-state index is 0.0603. The first kappa shape index (κ1) is 18.7. The minimum Gasteiger partial charge on any atom is -0.389 e. The van der Waals surface area contributed by atoms with Crippen LogP contribution in [0.2, 0.25) is 5.02 Å². The maximum Gasteiger partial charge on any atom is 0.123 e. The second-order valence-electron chi connectivity index (χ2n) is 6.04. The van der Waals surface area contributed by atoms with Gasteiger partial charge in [-0.05, 0) is 47.6 Å². The van der Waals surface area contributed by atoms with Crippen molar-refractivity contribution in [2.45, 2.75) is 30.1 Å². The van der Waals surface area contributed by atoms with Crippen molar-refractivity contribution in [1.29, 1.82) is 0 Å². The molecule has 0 spiro atoms. The molecule has 2 aromatic carbocycles. The smallest absolute Gasteiger partial charge is 0.123 e. The van der Waals surface area contributed by atoms with Crippen LogP contribution < -0.4 is 5.32 Å². The van der Waals surface area contributed by atoms with Crippen molar-refractivity contribution in [3.63, 3.8) is 0 Å². The van der Waals surface area contributed by atoms with Gasteiger partial charge in [0.25, 0.3) is 0 Å². The minimum atomic E-state index is -0.630. The molecule has 2 aromatic rings. The molecule has 25 heavy (non-hydrogen) atoms. The van der Waals surface area contributed by atoms with Gasteiger partial charge in [0.15, 0.2) is 0 Å². The van der Waals surface area contributed by atoms with Crippen LogP contribution >= 0.6 is 23.4 Å². The summed E-state index contributed by atoms with van der Waals surface area (Å²) in [5.74, 6) is 0.756. The topological polar surface area (TPSA) is 41.5 Å². The number of nitrogens with one attached hydrogen (secondary N) is 1. The molecular formula is C19H21ClFNO2S. The largest absolute Gasteiger partial charge is 0.389 e. The number of thioether (sulfide) groups is 1. The zero-order chi connectivity index (χ0) is 17.6. The Kier molecular flexibility index (Phi) is 6.73. The quantitative estimate of drug-likeness (QED) is 0.754. The molecule has 0 unspecified atom stereocenters. The van der Waals surface area contributed by atoms with Crippen molar-refractivity contribution >= 4 is 23.4 Å². The van der Waals surface area contributed by atoms with E-state index in [1.165, 1.54) is 6.07 Å². The van der Waals surface area contributed by atoms with E-state index < -0.39 is 6.10 Å². The van der Waals surface area contributed by atoms with Gasteiger partial charge in [0.05, 0.1) is 19.3 Å². The van der Waals surface area contributed by atoms with Crippen LogP contribution in [0, 0.1) is 5.82 Å². The lowest BCUT2D eigenvalue weighted by molar-refractivity contribution is 0.0275. The Balaban J connectivity index is 1.46. The number of aliphatic hydroxyl groups excluding tert-OH is 1. The zero-order valence-electron chi connectivity index (χ0n) is 13.8. The summed E-state index contributed by atoms with van der Waals surface area (Å²) >= 11 is 7.82. The van der Waals surface area contributed by atoms with E-state index >= 15 is 0 Å². The Morgan fingerprint density at radius 1 is 1.32 bits per heavy atom. The van der Waals surface area contributed by atoms with Crippen molar-refractivity contribution in [2.24, 2.45) is 0 Å². The van der Waals surface area contributed by atoms with Crippen LogP contribution in [0.15, 0.2) is 47.4 Å². The van der Waals surface area contributed by atoms with Gasteiger partial charge in [-0.1, -0.05) is 29.8 Å². The standard InChI is InChI=1S/C19H21ClFNO2S/c20-17-4-2-1-3-13(17)11-24-12-15(23)10-22-18-7-8-25-19-6-5-14(21)9-16(18)19/h1-6,9,15,18,22-23H,7-8,10-12H2/t15-,18+/m1/s1. The summed E-state index contributed by atoms with van der Waals surface area (Å²) in [5, 5.41) is 14.1. The van der Waals surface area contributed by atoms with Crippen molar-refractivity contribution in [1.82, 2.24) is 5.32 Å². The Labute approximate surface area is 156 Å². The Morgan fingerprint density at radius 3 is 3.00 bits per heavy atom. The van der Waals surface area contributed by atoms with Crippen molar-refractivity contribution in [3.8, 4) is 0 Å². The number of hydrogen-bond donors (Lipinski definition) is 2. The molecule has 0 aliphatic carbocycles. The fraction of sp³-hybridized carbons (Fsp3) is 0.368. The number of rotatable bonds is 7. The molecule has 0 amide bonds. The highest BCUT2D eigenvalue weighted by Gasteiger charge is 2.21. The molecule has 0 saturated heterocycles. The number of aliphatic hydroxyl groups is 1. The average molecular weight is 382 g/mol. The Morgan fingerprint density at radius 2 is 2.16 bits per heavy atom. The highest BCUT2D eigenvalue weighted by molar-refractivity contribution is 7.99. The number of hydrogen-bond acceptors (Lipinski definition) is 4. The molecule has 3 rings (SSSR count). The highest BCUT2D eigenvalue weighted by atomic mass is 35.5. The molecule has 6 heteroatoms. The van der Waals surface area contributed by atoms with Crippen molar-refractivity contribution < 1.29 is 14.2 Å². The molecule has 1 heterocycles. The molecule has 1 aliphatic rings. The van der Waals surface area contributed by atoms with Crippen LogP contribution in [0.25, 0.3) is 0 Å².